The summed E-state index contributed by atoms with van der Waals surface area (Å²) >= 11 is 0. The molecule has 1 heterocycles. The molecule has 1 aliphatic rings. The van der Waals surface area contributed by atoms with Gasteiger partial charge in [-0.3, -0.25) is 0 Å². The van der Waals surface area contributed by atoms with Crippen LogP contribution in [0, 0.1) is 5.92 Å². The Morgan fingerprint density at radius 2 is 2.07 bits per heavy atom. The van der Waals surface area contributed by atoms with Gasteiger partial charge >= 0.3 is 0 Å². The van der Waals surface area contributed by atoms with Crippen LogP contribution in [0.1, 0.15) is 33.1 Å². The minimum atomic E-state index is 0.254. The molecule has 15 heavy (non-hydrogen) atoms. The molecule has 1 rings (SSSR count). The van der Waals surface area contributed by atoms with Crippen molar-refractivity contribution >= 4 is 0 Å². The highest BCUT2D eigenvalue weighted by molar-refractivity contribution is 4.79. The Labute approximate surface area is 93.9 Å². The summed E-state index contributed by atoms with van der Waals surface area (Å²) < 4.78 is 0. The molecule has 1 saturated heterocycles. The van der Waals surface area contributed by atoms with Gasteiger partial charge in [-0.15, -0.1) is 0 Å². The van der Waals surface area contributed by atoms with E-state index in [-0.39, 0.29) is 12.6 Å². The molecule has 2 atom stereocenters. The average Bonchev–Trinajstić information content (AvgIpc) is 2.39. The molecule has 0 saturated carbocycles. The summed E-state index contributed by atoms with van der Waals surface area (Å²) in [6.45, 7) is 6.97. The van der Waals surface area contributed by atoms with Gasteiger partial charge in [0.05, 0.1) is 6.61 Å². The predicted octanol–water partition coefficient (Wildman–Crippen LogP) is 1.08. The molecule has 0 aromatic rings. The molecule has 3 nitrogen and oxygen atoms in total. The van der Waals surface area contributed by atoms with Crippen LogP contribution in [0.3, 0.4) is 0 Å². The summed E-state index contributed by atoms with van der Waals surface area (Å²) in [6, 6.07) is 0.855. The molecule has 3 heteroatoms. The smallest absolute Gasteiger partial charge is 0.0587 e. The minimum Gasteiger partial charge on any atom is -0.395 e. The lowest BCUT2D eigenvalue weighted by Gasteiger charge is -2.26. The normalized spacial score (nSPS) is 26.6. The second-order valence-electron chi connectivity index (χ2n) is 5.13. The van der Waals surface area contributed by atoms with Crippen LogP contribution in [0.15, 0.2) is 0 Å². The van der Waals surface area contributed by atoms with Crippen molar-refractivity contribution in [2.45, 2.75) is 45.2 Å². The highest BCUT2D eigenvalue weighted by Gasteiger charge is 2.19. The van der Waals surface area contributed by atoms with E-state index in [0.29, 0.717) is 12.0 Å². The predicted molar refractivity (Wildman–Crippen MR) is 64.0 cm³/mol. The van der Waals surface area contributed by atoms with Gasteiger partial charge in [0.25, 0.3) is 0 Å². The van der Waals surface area contributed by atoms with Crippen LogP contribution >= 0.6 is 0 Å². The van der Waals surface area contributed by atoms with Crippen LogP contribution in [-0.2, 0) is 0 Å². The van der Waals surface area contributed by atoms with Gasteiger partial charge in [0.2, 0.25) is 0 Å². The largest absolute Gasteiger partial charge is 0.395 e. The van der Waals surface area contributed by atoms with Crippen molar-refractivity contribution in [3.05, 3.63) is 0 Å². The summed E-state index contributed by atoms with van der Waals surface area (Å²) in [7, 11) is 2.19. The van der Waals surface area contributed by atoms with Gasteiger partial charge in [-0.05, 0) is 45.3 Å². The number of aliphatic hydroxyl groups excluding tert-OH is 1. The van der Waals surface area contributed by atoms with E-state index >= 15 is 0 Å². The number of nitrogens with one attached hydrogen (secondary N) is 1. The minimum absolute atomic E-state index is 0.254. The molecule has 0 aromatic heterocycles. The molecule has 90 valence electrons. The van der Waals surface area contributed by atoms with Gasteiger partial charge in [0.15, 0.2) is 0 Å². The maximum atomic E-state index is 9.28. The van der Waals surface area contributed by atoms with E-state index in [2.05, 4.69) is 31.1 Å². The Morgan fingerprint density at radius 1 is 1.33 bits per heavy atom. The molecule has 0 bridgehead atoms. The maximum absolute atomic E-state index is 9.28. The van der Waals surface area contributed by atoms with Gasteiger partial charge < -0.3 is 15.3 Å². The summed E-state index contributed by atoms with van der Waals surface area (Å²) in [4.78, 5) is 2.39. The first-order chi connectivity index (χ1) is 7.13. The maximum Gasteiger partial charge on any atom is 0.0587 e. The molecule has 2 N–H and O–H groups in total. The van der Waals surface area contributed by atoms with E-state index in [0.717, 1.165) is 0 Å². The van der Waals surface area contributed by atoms with Gasteiger partial charge in [-0.25, -0.2) is 0 Å². The van der Waals surface area contributed by atoms with E-state index in [1.165, 1.54) is 32.4 Å². The van der Waals surface area contributed by atoms with Gasteiger partial charge in [0.1, 0.15) is 0 Å². The number of hydrogen-bond donors (Lipinski definition) is 2. The highest BCUT2D eigenvalue weighted by Crippen LogP contribution is 2.12. The Bertz CT molecular complexity index is 173. The van der Waals surface area contributed by atoms with E-state index in [1.807, 2.05) is 0 Å². The van der Waals surface area contributed by atoms with Crippen molar-refractivity contribution in [3.63, 3.8) is 0 Å². The zero-order valence-corrected chi connectivity index (χ0v) is 10.4. The molecule has 0 aliphatic carbocycles. The molecule has 1 aliphatic heterocycles. The van der Waals surface area contributed by atoms with E-state index < -0.39 is 0 Å². The second-order valence-corrected chi connectivity index (χ2v) is 5.13. The van der Waals surface area contributed by atoms with E-state index in [4.69, 9.17) is 0 Å². The number of rotatable bonds is 4. The molecule has 0 amide bonds. The summed E-state index contributed by atoms with van der Waals surface area (Å²) in [5.41, 5.74) is 0. The zero-order chi connectivity index (χ0) is 11.3. The van der Waals surface area contributed by atoms with Crippen LogP contribution in [0.5, 0.6) is 0 Å². The van der Waals surface area contributed by atoms with Crippen LogP contribution in [0.2, 0.25) is 0 Å². The Balaban J connectivity index is 2.36. The number of nitrogens with zero attached hydrogens (tertiary/aromatic N) is 1. The SMILES string of the molecule is CC(C)C(CO)NC1CCCN(C)CC1. The van der Waals surface area contributed by atoms with Crippen molar-refractivity contribution in [1.29, 1.82) is 0 Å². The topological polar surface area (TPSA) is 35.5 Å². The number of likely N-dealkylation sites (tertiary alicyclic amines) is 1. The lowest BCUT2D eigenvalue weighted by atomic mass is 10.0. The van der Waals surface area contributed by atoms with Crippen molar-refractivity contribution < 1.29 is 5.11 Å². The lowest BCUT2D eigenvalue weighted by molar-refractivity contribution is 0.194. The Hall–Kier alpha value is -0.120. The monoisotopic (exact) mass is 214 g/mol. The third-order valence-corrected chi connectivity index (χ3v) is 3.40. The van der Waals surface area contributed by atoms with Crippen LogP contribution in [-0.4, -0.2) is 48.8 Å². The fraction of sp³-hybridized carbons (Fsp3) is 1.00. The highest BCUT2D eigenvalue weighted by atomic mass is 16.3. The molecular formula is C12H26N2O. The fourth-order valence-electron chi connectivity index (χ4n) is 2.17. The Kier molecular flexibility index (Phi) is 5.58. The first-order valence-corrected chi connectivity index (χ1v) is 6.19. The van der Waals surface area contributed by atoms with Crippen molar-refractivity contribution in [1.82, 2.24) is 10.2 Å². The Morgan fingerprint density at radius 3 is 2.67 bits per heavy atom. The number of aliphatic hydroxyl groups is 1. The zero-order valence-electron chi connectivity index (χ0n) is 10.4. The quantitative estimate of drug-likeness (QED) is 0.735. The van der Waals surface area contributed by atoms with Gasteiger partial charge in [-0.1, -0.05) is 13.8 Å². The van der Waals surface area contributed by atoms with E-state index in [9.17, 15) is 5.11 Å². The first kappa shape index (κ1) is 12.9. The third kappa shape index (κ3) is 4.49. The molecule has 0 spiro atoms. The van der Waals surface area contributed by atoms with Crippen molar-refractivity contribution in [2.75, 3.05) is 26.7 Å². The van der Waals surface area contributed by atoms with Gasteiger partial charge in [-0.2, -0.15) is 0 Å². The van der Waals surface area contributed by atoms with Gasteiger partial charge in [0, 0.05) is 12.1 Å². The average molecular weight is 214 g/mol. The second kappa shape index (κ2) is 6.46. The number of hydrogen-bond acceptors (Lipinski definition) is 3. The van der Waals surface area contributed by atoms with Crippen LogP contribution in [0.4, 0.5) is 0 Å². The lowest BCUT2D eigenvalue weighted by Crippen LogP contribution is -2.44. The molecular weight excluding hydrogens is 188 g/mol. The van der Waals surface area contributed by atoms with E-state index in [1.54, 1.807) is 0 Å². The van der Waals surface area contributed by atoms with Crippen LogP contribution in [0.25, 0.3) is 0 Å². The first-order valence-electron chi connectivity index (χ1n) is 6.19. The summed E-state index contributed by atoms with van der Waals surface area (Å²) in [5.74, 6) is 0.510. The summed E-state index contributed by atoms with van der Waals surface area (Å²) in [5, 5.41) is 12.9. The molecule has 1 fully saturated rings. The third-order valence-electron chi connectivity index (χ3n) is 3.40. The standard InChI is InChI=1S/C12H26N2O/c1-10(2)12(9-15)13-11-5-4-7-14(3)8-6-11/h10-13,15H,4-9H2,1-3H3. The molecule has 2 unspecified atom stereocenters. The van der Waals surface area contributed by atoms with Crippen LogP contribution < -0.4 is 5.32 Å². The van der Waals surface area contributed by atoms with Crippen molar-refractivity contribution in [2.24, 2.45) is 5.92 Å². The summed E-state index contributed by atoms with van der Waals surface area (Å²) in [6.07, 6.45) is 3.72. The fourth-order valence-corrected chi connectivity index (χ4v) is 2.17. The molecule has 0 aromatic carbocycles. The molecule has 0 radical (unpaired) electrons. The van der Waals surface area contributed by atoms with Crippen molar-refractivity contribution in [3.8, 4) is 0 Å².